The molecule has 3 aromatic rings. The van der Waals surface area contributed by atoms with Crippen molar-refractivity contribution in [2.45, 2.75) is 39.3 Å². The third kappa shape index (κ3) is 4.21. The highest BCUT2D eigenvalue weighted by atomic mass is 19.1. The molecule has 0 saturated carbocycles. The van der Waals surface area contributed by atoms with Crippen LogP contribution in [0.4, 0.5) is 20.6 Å². The summed E-state index contributed by atoms with van der Waals surface area (Å²) in [6.45, 7) is 7.26. The van der Waals surface area contributed by atoms with Gasteiger partial charge in [-0.05, 0) is 37.8 Å². The number of amides is 2. The molecule has 4 N–H and O–H groups in total. The highest BCUT2D eigenvalue weighted by Crippen LogP contribution is 2.39. The van der Waals surface area contributed by atoms with E-state index in [-0.39, 0.29) is 41.5 Å². The maximum atomic E-state index is 15.3. The standard InChI is InChI=1S/C25H27FN6O4/c1-12(2)32-11-15(8-20(32)33)31-25(34)36-19-7-14-6-16(21(26)22(27)18(14)10-29-19)17-9-30-24-23(13(17)3)28-4-5-35-24/h6-7,9-10,12,15,28H,4-5,8,11,27H2,1-3H3,(H,31,34)/t15-/m0/s1. The summed E-state index contributed by atoms with van der Waals surface area (Å²) in [7, 11) is 0. The van der Waals surface area contributed by atoms with E-state index in [2.05, 4.69) is 20.6 Å². The number of benzene rings is 1. The van der Waals surface area contributed by atoms with Gasteiger partial charge in [0.25, 0.3) is 0 Å². The summed E-state index contributed by atoms with van der Waals surface area (Å²) in [5, 5.41) is 6.89. The normalized spacial score (nSPS) is 17.1. The van der Waals surface area contributed by atoms with Gasteiger partial charge in [0.1, 0.15) is 12.3 Å². The number of rotatable bonds is 4. The molecule has 188 valence electrons. The maximum absolute atomic E-state index is 15.3. The quantitative estimate of drug-likeness (QED) is 0.471. The van der Waals surface area contributed by atoms with E-state index in [0.717, 1.165) is 5.56 Å². The van der Waals surface area contributed by atoms with Crippen LogP contribution in [0.3, 0.4) is 0 Å². The van der Waals surface area contributed by atoms with E-state index in [4.69, 9.17) is 15.2 Å². The molecule has 0 radical (unpaired) electrons. The number of hydrogen-bond acceptors (Lipinski definition) is 8. The van der Waals surface area contributed by atoms with Gasteiger partial charge >= 0.3 is 6.09 Å². The second-order valence-corrected chi connectivity index (χ2v) is 9.22. The Hall–Kier alpha value is -4.15. The van der Waals surface area contributed by atoms with Crippen molar-refractivity contribution in [3.63, 3.8) is 0 Å². The average Bonchev–Trinajstić information content (AvgIpc) is 3.22. The fraction of sp³-hybridized carbons (Fsp3) is 0.360. The zero-order valence-electron chi connectivity index (χ0n) is 20.2. The summed E-state index contributed by atoms with van der Waals surface area (Å²) in [6.07, 6.45) is 2.42. The van der Waals surface area contributed by atoms with Gasteiger partial charge in [-0.3, -0.25) is 4.79 Å². The van der Waals surface area contributed by atoms with E-state index in [1.165, 1.54) is 12.3 Å². The van der Waals surface area contributed by atoms with Gasteiger partial charge in [-0.1, -0.05) is 0 Å². The first-order valence-electron chi connectivity index (χ1n) is 11.7. The maximum Gasteiger partial charge on any atom is 0.414 e. The van der Waals surface area contributed by atoms with Gasteiger partial charge in [-0.2, -0.15) is 0 Å². The molecular weight excluding hydrogens is 467 g/mol. The fourth-order valence-electron chi connectivity index (χ4n) is 4.64. The number of pyridine rings is 2. The van der Waals surface area contributed by atoms with Crippen LogP contribution in [0.2, 0.25) is 0 Å². The van der Waals surface area contributed by atoms with Crippen molar-refractivity contribution in [3.8, 4) is 22.9 Å². The molecule has 2 aliphatic rings. The SMILES string of the molecule is Cc1c(-c2cc3cc(OC(=O)N[C@H]4CC(=O)N(C(C)C)C4)ncc3c(N)c2F)cnc2c1NCCO2. The largest absolute Gasteiger partial charge is 0.474 e. The van der Waals surface area contributed by atoms with Crippen LogP contribution in [-0.4, -0.2) is 58.6 Å². The van der Waals surface area contributed by atoms with Gasteiger partial charge in [-0.25, -0.2) is 19.2 Å². The average molecular weight is 495 g/mol. The minimum Gasteiger partial charge on any atom is -0.474 e. The van der Waals surface area contributed by atoms with E-state index in [0.29, 0.717) is 47.6 Å². The number of halogens is 1. The lowest BCUT2D eigenvalue weighted by atomic mass is 9.97. The van der Waals surface area contributed by atoms with Crippen molar-refractivity contribution in [1.29, 1.82) is 0 Å². The summed E-state index contributed by atoms with van der Waals surface area (Å²) < 4.78 is 26.3. The molecule has 2 amide bonds. The Morgan fingerprint density at radius 2 is 2.11 bits per heavy atom. The second-order valence-electron chi connectivity index (χ2n) is 9.22. The summed E-state index contributed by atoms with van der Waals surface area (Å²) >= 11 is 0. The topological polar surface area (TPSA) is 132 Å². The van der Waals surface area contributed by atoms with Crippen molar-refractivity contribution in [1.82, 2.24) is 20.2 Å². The molecule has 1 atom stereocenters. The molecule has 2 aliphatic heterocycles. The Kier molecular flexibility index (Phi) is 5.99. The second kappa shape index (κ2) is 9.14. The van der Waals surface area contributed by atoms with E-state index in [1.807, 2.05) is 20.8 Å². The highest BCUT2D eigenvalue weighted by Gasteiger charge is 2.32. The van der Waals surface area contributed by atoms with Gasteiger partial charge in [0.2, 0.25) is 17.7 Å². The molecule has 1 fully saturated rings. The van der Waals surface area contributed by atoms with Crippen molar-refractivity contribution in [2.24, 2.45) is 0 Å². The lowest BCUT2D eigenvalue weighted by Crippen LogP contribution is -2.40. The number of nitrogens with two attached hydrogens (primary N) is 1. The smallest absolute Gasteiger partial charge is 0.414 e. The highest BCUT2D eigenvalue weighted by molar-refractivity contribution is 5.98. The predicted octanol–water partition coefficient (Wildman–Crippen LogP) is 3.23. The van der Waals surface area contributed by atoms with Gasteiger partial charge in [0.15, 0.2) is 5.82 Å². The number of ether oxygens (including phenoxy) is 2. The monoisotopic (exact) mass is 494 g/mol. The molecule has 5 rings (SSSR count). The summed E-state index contributed by atoms with van der Waals surface area (Å²) in [5.74, 6) is -0.101. The first-order valence-corrected chi connectivity index (χ1v) is 11.7. The van der Waals surface area contributed by atoms with E-state index < -0.39 is 11.9 Å². The number of nitrogens with one attached hydrogen (secondary N) is 2. The van der Waals surface area contributed by atoms with E-state index in [9.17, 15) is 9.59 Å². The third-order valence-corrected chi connectivity index (χ3v) is 6.51. The predicted molar refractivity (Wildman–Crippen MR) is 132 cm³/mol. The first kappa shape index (κ1) is 23.6. The van der Waals surface area contributed by atoms with Crippen molar-refractivity contribution >= 4 is 34.1 Å². The number of carbonyl (C=O) groups is 2. The Morgan fingerprint density at radius 1 is 1.31 bits per heavy atom. The Balaban J connectivity index is 1.41. The lowest BCUT2D eigenvalue weighted by molar-refractivity contribution is -0.129. The fourth-order valence-corrected chi connectivity index (χ4v) is 4.64. The number of nitrogens with zero attached hydrogens (tertiary/aromatic N) is 3. The molecule has 0 aliphatic carbocycles. The Labute approximate surface area is 207 Å². The molecule has 0 bridgehead atoms. The summed E-state index contributed by atoms with van der Waals surface area (Å²) in [5.41, 5.74) is 8.39. The Morgan fingerprint density at radius 3 is 2.86 bits per heavy atom. The van der Waals surface area contributed by atoms with Gasteiger partial charge in [-0.15, -0.1) is 0 Å². The van der Waals surface area contributed by atoms with Crippen molar-refractivity contribution < 1.29 is 23.5 Å². The number of carbonyl (C=O) groups excluding carboxylic acids is 2. The first-order chi connectivity index (χ1) is 17.2. The number of nitrogen functional groups attached to an aromatic ring is 1. The summed E-state index contributed by atoms with van der Waals surface area (Å²) in [4.78, 5) is 34.7. The van der Waals surface area contributed by atoms with Crippen LogP contribution >= 0.6 is 0 Å². The third-order valence-electron chi connectivity index (χ3n) is 6.51. The molecule has 36 heavy (non-hydrogen) atoms. The molecule has 1 saturated heterocycles. The molecule has 0 unspecified atom stereocenters. The number of likely N-dealkylation sites (tertiary alicyclic amines) is 1. The van der Waals surface area contributed by atoms with Crippen LogP contribution in [0.1, 0.15) is 25.8 Å². The Bertz CT molecular complexity index is 1380. The minimum absolute atomic E-state index is 0.0158. The number of hydrogen-bond donors (Lipinski definition) is 3. The summed E-state index contributed by atoms with van der Waals surface area (Å²) in [6, 6.07) is 2.86. The van der Waals surface area contributed by atoms with Crippen molar-refractivity contribution in [3.05, 3.63) is 35.9 Å². The van der Waals surface area contributed by atoms with Crippen LogP contribution in [-0.2, 0) is 4.79 Å². The van der Waals surface area contributed by atoms with Crippen LogP contribution in [0.25, 0.3) is 21.9 Å². The van der Waals surface area contributed by atoms with Crippen LogP contribution in [0, 0.1) is 12.7 Å². The van der Waals surface area contributed by atoms with Crippen LogP contribution in [0.15, 0.2) is 24.5 Å². The minimum atomic E-state index is -0.721. The molecule has 11 heteroatoms. The van der Waals surface area contributed by atoms with Gasteiger partial charge in [0.05, 0.1) is 11.7 Å². The molecular formula is C25H27FN6O4. The molecule has 2 aromatic heterocycles. The number of anilines is 2. The molecule has 10 nitrogen and oxygen atoms in total. The van der Waals surface area contributed by atoms with Crippen LogP contribution in [0.5, 0.6) is 11.8 Å². The van der Waals surface area contributed by atoms with Crippen molar-refractivity contribution in [2.75, 3.05) is 30.7 Å². The van der Waals surface area contributed by atoms with E-state index >= 15 is 4.39 Å². The zero-order chi connectivity index (χ0) is 25.6. The number of aromatic nitrogens is 2. The molecule has 1 aromatic carbocycles. The van der Waals surface area contributed by atoms with E-state index in [1.54, 1.807) is 17.2 Å². The zero-order valence-corrected chi connectivity index (χ0v) is 20.2. The molecule has 0 spiro atoms. The number of fused-ring (bicyclic) bond motifs is 2. The van der Waals surface area contributed by atoms with Gasteiger partial charge < -0.3 is 30.7 Å². The molecule has 4 heterocycles. The van der Waals surface area contributed by atoms with Gasteiger partial charge in [0, 0.05) is 60.5 Å². The lowest BCUT2D eigenvalue weighted by Gasteiger charge is -2.22. The van der Waals surface area contributed by atoms with Crippen LogP contribution < -0.4 is 25.8 Å².